The fourth-order valence-corrected chi connectivity index (χ4v) is 1.71. The lowest BCUT2D eigenvalue weighted by Gasteiger charge is -2.38. The lowest BCUT2D eigenvalue weighted by atomic mass is 9.86. The summed E-state index contributed by atoms with van der Waals surface area (Å²) < 4.78 is 1.36. The van der Waals surface area contributed by atoms with E-state index in [0.29, 0.717) is 18.2 Å². The van der Waals surface area contributed by atoms with Crippen molar-refractivity contribution in [2.45, 2.75) is 59.2 Å². The van der Waals surface area contributed by atoms with E-state index in [0.717, 1.165) is 0 Å². The van der Waals surface area contributed by atoms with Gasteiger partial charge in [-0.1, -0.05) is 25.4 Å². The average molecular weight is 302 g/mol. The molecule has 1 rings (SSSR count). The number of hydrogen-bond acceptors (Lipinski definition) is 4. The molecule has 114 valence electrons. The van der Waals surface area contributed by atoms with Gasteiger partial charge in [0.25, 0.3) is 5.56 Å². The second kappa shape index (κ2) is 5.74. The Bertz CT molecular complexity index is 530. The van der Waals surface area contributed by atoms with Crippen molar-refractivity contribution in [2.24, 2.45) is 5.92 Å². The lowest BCUT2D eigenvalue weighted by molar-refractivity contribution is 0.0240. The smallest absolute Gasteiger partial charge is 0.287 e. The maximum Gasteiger partial charge on any atom is 0.287 e. The second-order valence-corrected chi connectivity index (χ2v) is 6.94. The van der Waals surface area contributed by atoms with E-state index in [1.165, 1.54) is 10.9 Å². The minimum absolute atomic E-state index is 0.0953. The fourth-order valence-electron chi connectivity index (χ4n) is 1.52. The van der Waals surface area contributed by atoms with Crippen molar-refractivity contribution < 1.29 is 5.11 Å². The fraction of sp³-hybridized carbons (Fsp3) is 0.714. The van der Waals surface area contributed by atoms with Crippen molar-refractivity contribution in [1.29, 1.82) is 0 Å². The van der Waals surface area contributed by atoms with Crippen LogP contribution in [0.4, 0.5) is 5.69 Å². The van der Waals surface area contributed by atoms with Crippen molar-refractivity contribution in [3.05, 3.63) is 21.6 Å². The first kappa shape index (κ1) is 17.0. The molecule has 1 heterocycles. The molecule has 1 aromatic heterocycles. The summed E-state index contributed by atoms with van der Waals surface area (Å²) in [6.45, 7) is 11.6. The summed E-state index contributed by atoms with van der Waals surface area (Å²) in [5.74, 6) is 0.308. The lowest BCUT2D eigenvalue weighted by Crippen LogP contribution is -2.51. The maximum absolute atomic E-state index is 12.1. The Labute approximate surface area is 125 Å². The van der Waals surface area contributed by atoms with E-state index in [4.69, 9.17) is 11.6 Å². The molecule has 0 saturated carbocycles. The van der Waals surface area contributed by atoms with Gasteiger partial charge < -0.3 is 10.4 Å². The monoisotopic (exact) mass is 301 g/mol. The zero-order valence-corrected chi connectivity index (χ0v) is 13.7. The Morgan fingerprint density at radius 3 is 2.40 bits per heavy atom. The summed E-state index contributed by atoms with van der Waals surface area (Å²) >= 11 is 6.12. The van der Waals surface area contributed by atoms with Gasteiger partial charge in [0.05, 0.1) is 23.0 Å². The third kappa shape index (κ3) is 3.73. The molecule has 5 nitrogen and oxygen atoms in total. The molecule has 0 aliphatic carbocycles. The molecule has 0 saturated heterocycles. The largest absolute Gasteiger partial charge is 0.388 e. The van der Waals surface area contributed by atoms with Gasteiger partial charge in [-0.15, -0.1) is 0 Å². The minimum atomic E-state index is -0.983. The number of hydrogen-bond donors (Lipinski definition) is 2. The van der Waals surface area contributed by atoms with Crippen molar-refractivity contribution in [1.82, 2.24) is 9.78 Å². The third-order valence-corrected chi connectivity index (χ3v) is 3.86. The maximum atomic E-state index is 12.1. The highest BCUT2D eigenvalue weighted by molar-refractivity contribution is 6.32. The van der Waals surface area contributed by atoms with Crippen LogP contribution in [0.15, 0.2) is 11.0 Å². The standard InChI is InChI=1S/C14H24ClN3O2/c1-9(2)8-18-12(19)11(15)10(7-16-18)17-13(3,4)14(5,6)20/h7,9,17,20H,8H2,1-6H3. The molecule has 0 spiro atoms. The Morgan fingerprint density at radius 2 is 1.95 bits per heavy atom. The molecule has 0 aliphatic heterocycles. The highest BCUT2D eigenvalue weighted by Crippen LogP contribution is 2.28. The highest BCUT2D eigenvalue weighted by Gasteiger charge is 2.35. The SMILES string of the molecule is CC(C)Cn1ncc(NC(C)(C)C(C)(C)O)c(Cl)c1=O. The molecule has 0 atom stereocenters. The summed E-state index contributed by atoms with van der Waals surface area (Å²) in [6.07, 6.45) is 1.53. The number of nitrogens with zero attached hydrogens (tertiary/aromatic N) is 2. The number of halogens is 1. The number of rotatable bonds is 5. The van der Waals surface area contributed by atoms with Crippen molar-refractivity contribution in [3.8, 4) is 0 Å². The van der Waals surface area contributed by atoms with Crippen LogP contribution in [0.2, 0.25) is 5.02 Å². The molecular weight excluding hydrogens is 278 g/mol. The van der Waals surface area contributed by atoms with Gasteiger partial charge in [0.2, 0.25) is 0 Å². The van der Waals surface area contributed by atoms with Crippen LogP contribution in [0.5, 0.6) is 0 Å². The van der Waals surface area contributed by atoms with Gasteiger partial charge in [0.1, 0.15) is 5.02 Å². The number of anilines is 1. The highest BCUT2D eigenvalue weighted by atomic mass is 35.5. The zero-order chi connectivity index (χ0) is 15.7. The second-order valence-electron chi connectivity index (χ2n) is 6.56. The topological polar surface area (TPSA) is 67.2 Å². The normalized spacial score (nSPS) is 12.8. The predicted octanol–water partition coefficient (Wildman–Crippen LogP) is 2.51. The number of aromatic nitrogens is 2. The quantitative estimate of drug-likeness (QED) is 0.877. The third-order valence-electron chi connectivity index (χ3n) is 3.50. The molecule has 0 amide bonds. The van der Waals surface area contributed by atoms with Crippen molar-refractivity contribution in [2.75, 3.05) is 5.32 Å². The molecule has 0 fully saturated rings. The molecule has 6 heteroatoms. The van der Waals surface area contributed by atoms with Gasteiger partial charge in [-0.2, -0.15) is 5.10 Å². The Morgan fingerprint density at radius 1 is 1.40 bits per heavy atom. The van der Waals surface area contributed by atoms with Crippen LogP contribution in [0.25, 0.3) is 0 Å². The van der Waals surface area contributed by atoms with Gasteiger partial charge in [0, 0.05) is 6.54 Å². The average Bonchev–Trinajstić information content (AvgIpc) is 2.26. The number of nitrogens with one attached hydrogen (secondary N) is 1. The van der Waals surface area contributed by atoms with Gasteiger partial charge in [-0.3, -0.25) is 4.79 Å². The first-order valence-corrected chi connectivity index (χ1v) is 7.09. The van der Waals surface area contributed by atoms with E-state index in [1.807, 2.05) is 27.7 Å². The summed E-state index contributed by atoms with van der Waals surface area (Å²) in [5.41, 5.74) is -1.53. The summed E-state index contributed by atoms with van der Waals surface area (Å²) in [7, 11) is 0. The van der Waals surface area contributed by atoms with Gasteiger partial charge in [-0.25, -0.2) is 4.68 Å². The minimum Gasteiger partial charge on any atom is -0.388 e. The van der Waals surface area contributed by atoms with E-state index in [-0.39, 0.29) is 10.6 Å². The Hall–Kier alpha value is -1.07. The van der Waals surface area contributed by atoms with Crippen molar-refractivity contribution in [3.63, 3.8) is 0 Å². The van der Waals surface area contributed by atoms with Crippen LogP contribution >= 0.6 is 11.6 Å². The molecule has 0 aromatic carbocycles. The van der Waals surface area contributed by atoms with Crippen molar-refractivity contribution >= 4 is 17.3 Å². The molecule has 2 N–H and O–H groups in total. The van der Waals surface area contributed by atoms with Gasteiger partial charge >= 0.3 is 0 Å². The van der Waals surface area contributed by atoms with E-state index < -0.39 is 11.1 Å². The zero-order valence-electron chi connectivity index (χ0n) is 13.0. The van der Waals surface area contributed by atoms with Crippen LogP contribution in [-0.2, 0) is 6.54 Å². The molecule has 0 aliphatic rings. The molecule has 20 heavy (non-hydrogen) atoms. The molecule has 0 bridgehead atoms. The van der Waals surface area contributed by atoms with E-state index >= 15 is 0 Å². The summed E-state index contributed by atoms with van der Waals surface area (Å²) in [4.78, 5) is 12.1. The number of aliphatic hydroxyl groups is 1. The Kier molecular flexibility index (Phi) is 4.87. The van der Waals surface area contributed by atoms with Crippen LogP contribution < -0.4 is 10.9 Å². The summed E-state index contributed by atoms with van der Waals surface area (Å²) in [5, 5.41) is 17.4. The van der Waals surface area contributed by atoms with E-state index in [1.54, 1.807) is 13.8 Å². The first-order chi connectivity index (χ1) is 8.95. The predicted molar refractivity (Wildman–Crippen MR) is 82.3 cm³/mol. The van der Waals surface area contributed by atoms with E-state index in [9.17, 15) is 9.90 Å². The van der Waals surface area contributed by atoms with Crippen LogP contribution in [0, 0.1) is 5.92 Å². The van der Waals surface area contributed by atoms with Crippen LogP contribution in [0.3, 0.4) is 0 Å². The van der Waals surface area contributed by atoms with Gasteiger partial charge in [-0.05, 0) is 33.6 Å². The molecule has 0 unspecified atom stereocenters. The summed E-state index contributed by atoms with van der Waals surface area (Å²) in [6, 6.07) is 0. The van der Waals surface area contributed by atoms with Crippen LogP contribution in [0.1, 0.15) is 41.5 Å². The first-order valence-electron chi connectivity index (χ1n) is 6.72. The molecule has 1 aromatic rings. The van der Waals surface area contributed by atoms with Gasteiger partial charge in [0.15, 0.2) is 0 Å². The molecule has 0 radical (unpaired) electrons. The van der Waals surface area contributed by atoms with Crippen LogP contribution in [-0.4, -0.2) is 26.0 Å². The van der Waals surface area contributed by atoms with E-state index in [2.05, 4.69) is 10.4 Å². The Balaban J connectivity index is 3.12. The molecular formula is C14H24ClN3O2.